The van der Waals surface area contributed by atoms with Crippen LogP contribution < -0.4 is 10.1 Å². The molecule has 2 saturated carbocycles. The van der Waals surface area contributed by atoms with Gasteiger partial charge in [-0.15, -0.1) is 0 Å². The molecule has 2 bridgehead atoms. The van der Waals surface area contributed by atoms with Crippen molar-refractivity contribution in [1.29, 1.82) is 0 Å². The number of amides is 1. The summed E-state index contributed by atoms with van der Waals surface area (Å²) in [6, 6.07) is 8.08. The first kappa shape index (κ1) is 15.4. The lowest BCUT2D eigenvalue weighted by molar-refractivity contribution is -0.127. The third-order valence-corrected chi connectivity index (χ3v) is 5.16. The number of benzene rings is 1. The highest BCUT2D eigenvalue weighted by atomic mass is 16.5. The third-order valence-electron chi connectivity index (χ3n) is 5.16. The Morgan fingerprint density at radius 2 is 2.05 bits per heavy atom. The molecule has 0 heterocycles. The summed E-state index contributed by atoms with van der Waals surface area (Å²) in [6.07, 6.45) is 5.10. The summed E-state index contributed by atoms with van der Waals surface area (Å²) in [6.45, 7) is 6.10. The third kappa shape index (κ3) is 3.29. The smallest absolute Gasteiger partial charge is 0.223 e. The van der Waals surface area contributed by atoms with Crippen LogP contribution in [0.15, 0.2) is 24.3 Å². The van der Waals surface area contributed by atoms with Crippen LogP contribution in [0.3, 0.4) is 0 Å². The zero-order valence-electron chi connectivity index (χ0n) is 13.8. The van der Waals surface area contributed by atoms with E-state index in [1.165, 1.54) is 19.3 Å². The summed E-state index contributed by atoms with van der Waals surface area (Å²) in [5.41, 5.74) is 1.11. The highest BCUT2D eigenvalue weighted by molar-refractivity contribution is 5.80. The Kier molecular flexibility index (Phi) is 4.42. The zero-order valence-corrected chi connectivity index (χ0v) is 13.8. The maximum atomic E-state index is 12.5. The number of carbonyl (C=O) groups is 1. The molecule has 0 saturated heterocycles. The maximum absolute atomic E-state index is 12.5. The zero-order chi connectivity index (χ0) is 15.7. The molecule has 2 aliphatic carbocycles. The van der Waals surface area contributed by atoms with E-state index in [1.54, 1.807) is 0 Å². The van der Waals surface area contributed by atoms with Gasteiger partial charge >= 0.3 is 0 Å². The summed E-state index contributed by atoms with van der Waals surface area (Å²) in [4.78, 5) is 12.5. The van der Waals surface area contributed by atoms with Crippen LogP contribution in [0.1, 0.15) is 58.1 Å². The molecule has 2 aliphatic rings. The van der Waals surface area contributed by atoms with Gasteiger partial charge in [0.05, 0.1) is 12.1 Å². The van der Waals surface area contributed by atoms with Gasteiger partial charge in [-0.3, -0.25) is 4.79 Å². The van der Waals surface area contributed by atoms with E-state index >= 15 is 0 Å². The molecule has 0 aromatic heterocycles. The average Bonchev–Trinajstić information content (AvgIpc) is 3.09. The van der Waals surface area contributed by atoms with Crippen LogP contribution in [0, 0.1) is 17.8 Å². The van der Waals surface area contributed by atoms with Crippen LogP contribution in [0.25, 0.3) is 0 Å². The number of fused-ring (bicyclic) bond motifs is 2. The number of hydrogen-bond donors (Lipinski definition) is 1. The van der Waals surface area contributed by atoms with E-state index < -0.39 is 0 Å². The van der Waals surface area contributed by atoms with Crippen molar-refractivity contribution >= 4 is 5.91 Å². The molecule has 1 amide bonds. The molecule has 0 unspecified atom stereocenters. The maximum Gasteiger partial charge on any atom is 0.223 e. The lowest BCUT2D eigenvalue weighted by atomic mass is 9.88. The number of nitrogens with one attached hydrogen (secondary N) is 1. The number of ether oxygens (including phenoxy) is 1. The van der Waals surface area contributed by atoms with Gasteiger partial charge in [-0.25, -0.2) is 0 Å². The Morgan fingerprint density at radius 3 is 2.68 bits per heavy atom. The summed E-state index contributed by atoms with van der Waals surface area (Å²) in [5, 5.41) is 3.21. The van der Waals surface area contributed by atoms with Gasteiger partial charge in [0, 0.05) is 5.92 Å². The molecule has 0 spiro atoms. The summed E-state index contributed by atoms with van der Waals surface area (Å²) in [5.74, 6) is 2.80. The second-order valence-corrected chi connectivity index (χ2v) is 7.25. The molecular weight excluding hydrogens is 274 g/mol. The van der Waals surface area contributed by atoms with Gasteiger partial charge in [-0.2, -0.15) is 0 Å². The van der Waals surface area contributed by atoms with E-state index in [1.807, 2.05) is 32.0 Å². The molecular formula is C19H27NO2. The number of rotatable bonds is 5. The molecule has 120 valence electrons. The summed E-state index contributed by atoms with van der Waals surface area (Å²) < 4.78 is 5.74. The monoisotopic (exact) mass is 301 g/mol. The van der Waals surface area contributed by atoms with Crippen LogP contribution in [0.2, 0.25) is 0 Å². The van der Waals surface area contributed by atoms with Gasteiger partial charge in [0.15, 0.2) is 0 Å². The summed E-state index contributed by atoms with van der Waals surface area (Å²) in [7, 11) is 0. The average molecular weight is 301 g/mol. The molecule has 1 N–H and O–H groups in total. The molecule has 2 fully saturated rings. The predicted molar refractivity (Wildman–Crippen MR) is 87.7 cm³/mol. The first-order chi connectivity index (χ1) is 10.5. The molecule has 0 aliphatic heterocycles. The largest absolute Gasteiger partial charge is 0.491 e. The van der Waals surface area contributed by atoms with Gasteiger partial charge in [0.25, 0.3) is 0 Å². The molecule has 3 nitrogen and oxygen atoms in total. The van der Waals surface area contributed by atoms with Crippen molar-refractivity contribution < 1.29 is 9.53 Å². The number of carbonyl (C=O) groups excluding carboxylic acids is 1. The van der Waals surface area contributed by atoms with Crippen LogP contribution in [-0.4, -0.2) is 12.0 Å². The van der Waals surface area contributed by atoms with Gasteiger partial charge in [0.1, 0.15) is 5.75 Å². The Morgan fingerprint density at radius 1 is 1.23 bits per heavy atom. The minimum atomic E-state index is 0.0299. The fraction of sp³-hybridized carbons (Fsp3) is 0.632. The first-order valence-corrected chi connectivity index (χ1v) is 8.60. The van der Waals surface area contributed by atoms with Crippen molar-refractivity contribution in [3.63, 3.8) is 0 Å². The fourth-order valence-electron chi connectivity index (χ4n) is 4.10. The molecule has 3 heteroatoms. The molecule has 1 aromatic rings. The van der Waals surface area contributed by atoms with E-state index in [0.29, 0.717) is 5.92 Å². The standard InChI is InChI=1S/C19H27NO2/c1-12(2)22-17-6-4-5-15(11-17)13(3)20-19(21)18-10-14-7-8-16(18)9-14/h4-6,11-14,16,18H,7-10H2,1-3H3,(H,20,21)/t13-,14+,16+,18+/m1/s1. The normalized spacial score (nSPS) is 27.9. The van der Waals surface area contributed by atoms with Crippen molar-refractivity contribution in [2.45, 2.75) is 58.6 Å². The van der Waals surface area contributed by atoms with Gasteiger partial charge in [0.2, 0.25) is 5.91 Å². The van der Waals surface area contributed by atoms with E-state index in [9.17, 15) is 4.79 Å². The Balaban J connectivity index is 1.61. The Hall–Kier alpha value is -1.51. The second-order valence-electron chi connectivity index (χ2n) is 7.25. The minimum Gasteiger partial charge on any atom is -0.491 e. The van der Waals surface area contributed by atoms with Crippen LogP contribution in [0.4, 0.5) is 0 Å². The second kappa shape index (κ2) is 6.31. The van der Waals surface area contributed by atoms with Gasteiger partial charge in [-0.1, -0.05) is 18.6 Å². The Labute approximate surface area is 133 Å². The number of hydrogen-bond acceptors (Lipinski definition) is 2. The fourth-order valence-corrected chi connectivity index (χ4v) is 4.10. The van der Waals surface area contributed by atoms with Crippen LogP contribution >= 0.6 is 0 Å². The molecule has 0 radical (unpaired) electrons. The SMILES string of the molecule is CC(C)Oc1cccc([C@@H](C)NC(=O)[C@H]2C[C@H]3CC[C@H]2C3)c1. The van der Waals surface area contributed by atoms with Crippen molar-refractivity contribution in [2.75, 3.05) is 0 Å². The highest BCUT2D eigenvalue weighted by Gasteiger charge is 2.43. The molecule has 4 atom stereocenters. The van der Waals surface area contributed by atoms with Crippen molar-refractivity contribution in [1.82, 2.24) is 5.32 Å². The van der Waals surface area contributed by atoms with Gasteiger partial charge < -0.3 is 10.1 Å². The lowest BCUT2D eigenvalue weighted by Crippen LogP contribution is -2.35. The van der Waals surface area contributed by atoms with E-state index in [2.05, 4.69) is 18.3 Å². The molecule has 1 aromatic carbocycles. The Bertz CT molecular complexity index is 540. The minimum absolute atomic E-state index is 0.0299. The van der Waals surface area contributed by atoms with E-state index in [4.69, 9.17) is 4.74 Å². The lowest BCUT2D eigenvalue weighted by Gasteiger charge is -2.23. The topological polar surface area (TPSA) is 38.3 Å². The van der Waals surface area contributed by atoms with Crippen molar-refractivity contribution in [2.24, 2.45) is 17.8 Å². The van der Waals surface area contributed by atoms with Crippen molar-refractivity contribution in [3.05, 3.63) is 29.8 Å². The van der Waals surface area contributed by atoms with E-state index in [-0.39, 0.29) is 24.0 Å². The van der Waals surface area contributed by atoms with Gasteiger partial charge in [-0.05, 0) is 69.6 Å². The predicted octanol–water partition coefficient (Wildman–Crippen LogP) is 4.09. The van der Waals surface area contributed by atoms with Crippen LogP contribution in [0.5, 0.6) is 5.75 Å². The van der Waals surface area contributed by atoms with E-state index in [0.717, 1.165) is 23.7 Å². The van der Waals surface area contributed by atoms with Crippen LogP contribution in [-0.2, 0) is 4.79 Å². The highest BCUT2D eigenvalue weighted by Crippen LogP contribution is 2.48. The van der Waals surface area contributed by atoms with Crippen molar-refractivity contribution in [3.8, 4) is 5.75 Å². The summed E-state index contributed by atoms with van der Waals surface area (Å²) >= 11 is 0. The first-order valence-electron chi connectivity index (χ1n) is 8.60. The molecule has 3 rings (SSSR count). The molecule has 22 heavy (non-hydrogen) atoms. The quantitative estimate of drug-likeness (QED) is 0.889.